The van der Waals surface area contributed by atoms with Gasteiger partial charge in [-0.3, -0.25) is 4.31 Å². The number of rotatable bonds is 8. The molecule has 0 radical (unpaired) electrons. The van der Waals surface area contributed by atoms with Gasteiger partial charge in [-0.2, -0.15) is 0 Å². The van der Waals surface area contributed by atoms with Crippen molar-refractivity contribution in [1.29, 1.82) is 0 Å². The van der Waals surface area contributed by atoms with Crippen LogP contribution in [0.4, 0.5) is 5.69 Å². The summed E-state index contributed by atoms with van der Waals surface area (Å²) < 4.78 is 37.8. The predicted octanol–water partition coefficient (Wildman–Crippen LogP) is 3.54. The minimum Gasteiger partial charge on any atom is -0.491 e. The molecule has 136 valence electrons. The van der Waals surface area contributed by atoms with Gasteiger partial charge in [-0.25, -0.2) is 8.42 Å². The van der Waals surface area contributed by atoms with E-state index >= 15 is 0 Å². The largest absolute Gasteiger partial charge is 0.491 e. The zero-order valence-electron chi connectivity index (χ0n) is 15.2. The number of sulfonamides is 1. The van der Waals surface area contributed by atoms with Crippen LogP contribution >= 0.6 is 0 Å². The summed E-state index contributed by atoms with van der Waals surface area (Å²) in [6.45, 7) is 7.39. The van der Waals surface area contributed by atoms with E-state index in [1.807, 2.05) is 39.0 Å². The molecule has 0 heterocycles. The van der Waals surface area contributed by atoms with Gasteiger partial charge < -0.3 is 9.47 Å². The van der Waals surface area contributed by atoms with Gasteiger partial charge in [0.2, 0.25) is 0 Å². The topological polar surface area (TPSA) is 55.8 Å². The third-order valence-electron chi connectivity index (χ3n) is 4.10. The summed E-state index contributed by atoms with van der Waals surface area (Å²) in [7, 11) is -2.05. The zero-order chi connectivity index (χ0) is 18.4. The Bertz CT molecular complexity index is 801. The number of anilines is 1. The van der Waals surface area contributed by atoms with Crippen LogP contribution in [0, 0.1) is 13.8 Å². The quantitative estimate of drug-likeness (QED) is 0.673. The maximum Gasteiger partial charge on any atom is 0.264 e. The van der Waals surface area contributed by atoms with Gasteiger partial charge in [0.05, 0.1) is 17.2 Å². The number of nitrogens with zero attached hydrogens (tertiary/aromatic N) is 1. The molecule has 0 spiro atoms. The van der Waals surface area contributed by atoms with Crippen LogP contribution < -0.4 is 9.04 Å². The van der Waals surface area contributed by atoms with E-state index in [-0.39, 0.29) is 4.90 Å². The van der Waals surface area contributed by atoms with Gasteiger partial charge in [0.1, 0.15) is 12.4 Å². The lowest BCUT2D eigenvalue weighted by molar-refractivity contribution is 0.110. The monoisotopic (exact) mass is 363 g/mol. The molecule has 0 aromatic heterocycles. The maximum absolute atomic E-state index is 12.9. The summed E-state index contributed by atoms with van der Waals surface area (Å²) in [6, 6.07) is 12.1. The van der Waals surface area contributed by atoms with Crippen molar-refractivity contribution in [3.63, 3.8) is 0 Å². The highest BCUT2D eigenvalue weighted by Gasteiger charge is 2.22. The van der Waals surface area contributed by atoms with Crippen molar-refractivity contribution in [2.75, 3.05) is 31.2 Å². The third kappa shape index (κ3) is 4.52. The molecule has 2 aromatic carbocycles. The normalized spacial score (nSPS) is 11.4. The number of ether oxygens (including phenoxy) is 2. The van der Waals surface area contributed by atoms with E-state index in [0.717, 1.165) is 11.1 Å². The van der Waals surface area contributed by atoms with E-state index in [4.69, 9.17) is 9.47 Å². The smallest absolute Gasteiger partial charge is 0.264 e. The van der Waals surface area contributed by atoms with Crippen molar-refractivity contribution in [3.05, 3.63) is 53.6 Å². The van der Waals surface area contributed by atoms with Crippen LogP contribution in [0.25, 0.3) is 0 Å². The van der Waals surface area contributed by atoms with Gasteiger partial charge in [-0.05, 0) is 62.2 Å². The first kappa shape index (κ1) is 19.3. The Morgan fingerprint density at radius 2 is 1.68 bits per heavy atom. The second-order valence-electron chi connectivity index (χ2n) is 5.71. The van der Waals surface area contributed by atoms with Crippen molar-refractivity contribution in [1.82, 2.24) is 0 Å². The van der Waals surface area contributed by atoms with Crippen molar-refractivity contribution < 1.29 is 17.9 Å². The van der Waals surface area contributed by atoms with Crippen molar-refractivity contribution in [3.8, 4) is 5.75 Å². The van der Waals surface area contributed by atoms with Gasteiger partial charge in [0.15, 0.2) is 0 Å². The van der Waals surface area contributed by atoms with Crippen molar-refractivity contribution in [2.24, 2.45) is 0 Å². The molecule has 2 rings (SSSR count). The standard InChI is InChI=1S/C19H25NO4S/c1-5-23-13-14-24-17-9-11-18(12-10-17)25(21,22)20(4)19-8-6-7-15(2)16(19)3/h6-12H,5,13-14H2,1-4H3. The van der Waals surface area contributed by atoms with Crippen LogP contribution in [0.15, 0.2) is 47.4 Å². The summed E-state index contributed by atoms with van der Waals surface area (Å²) in [6.07, 6.45) is 0. The summed E-state index contributed by atoms with van der Waals surface area (Å²) in [5.41, 5.74) is 2.68. The van der Waals surface area contributed by atoms with Crippen molar-refractivity contribution in [2.45, 2.75) is 25.7 Å². The Balaban J connectivity index is 2.17. The Morgan fingerprint density at radius 3 is 2.32 bits per heavy atom. The molecule has 0 saturated carbocycles. The number of hydrogen-bond acceptors (Lipinski definition) is 4. The molecule has 0 bridgehead atoms. The second kappa shape index (κ2) is 8.36. The number of aryl methyl sites for hydroxylation is 1. The first-order chi connectivity index (χ1) is 11.9. The summed E-state index contributed by atoms with van der Waals surface area (Å²) in [5.74, 6) is 0.619. The Morgan fingerprint density at radius 1 is 1.00 bits per heavy atom. The Labute approximate surface area is 150 Å². The third-order valence-corrected chi connectivity index (χ3v) is 5.88. The van der Waals surface area contributed by atoms with E-state index in [1.54, 1.807) is 31.3 Å². The Kier molecular flexibility index (Phi) is 6.45. The molecular weight excluding hydrogens is 338 g/mol. The van der Waals surface area contributed by atoms with Gasteiger partial charge >= 0.3 is 0 Å². The molecule has 0 N–H and O–H groups in total. The molecule has 5 nitrogen and oxygen atoms in total. The van der Waals surface area contributed by atoms with Crippen LogP contribution in [0.1, 0.15) is 18.1 Å². The fraction of sp³-hybridized carbons (Fsp3) is 0.368. The molecule has 0 fully saturated rings. The van der Waals surface area contributed by atoms with Crippen LogP contribution in [-0.2, 0) is 14.8 Å². The predicted molar refractivity (Wildman–Crippen MR) is 99.9 cm³/mol. The SMILES string of the molecule is CCOCCOc1ccc(S(=O)(=O)N(C)c2cccc(C)c2C)cc1. The average molecular weight is 363 g/mol. The molecule has 0 aliphatic rings. The molecule has 0 amide bonds. The van der Waals surface area contributed by atoms with Gasteiger partial charge in [-0.1, -0.05) is 12.1 Å². The number of hydrogen-bond donors (Lipinski definition) is 0. The van der Waals surface area contributed by atoms with Crippen LogP contribution in [0.3, 0.4) is 0 Å². The van der Waals surface area contributed by atoms with Crippen LogP contribution in [0.5, 0.6) is 5.75 Å². The summed E-state index contributed by atoms with van der Waals surface area (Å²) in [5, 5.41) is 0. The van der Waals surface area contributed by atoms with E-state index in [1.165, 1.54) is 4.31 Å². The minimum atomic E-state index is -3.62. The first-order valence-corrected chi connectivity index (χ1v) is 9.67. The highest BCUT2D eigenvalue weighted by atomic mass is 32.2. The van der Waals surface area contributed by atoms with Crippen molar-refractivity contribution >= 4 is 15.7 Å². The summed E-state index contributed by atoms with van der Waals surface area (Å²) >= 11 is 0. The van der Waals surface area contributed by atoms with E-state index in [9.17, 15) is 8.42 Å². The van der Waals surface area contributed by atoms with E-state index in [0.29, 0.717) is 31.3 Å². The van der Waals surface area contributed by atoms with Gasteiger partial charge in [0.25, 0.3) is 10.0 Å². The molecular formula is C19H25NO4S. The fourth-order valence-electron chi connectivity index (χ4n) is 2.43. The Hall–Kier alpha value is -2.05. The highest BCUT2D eigenvalue weighted by Crippen LogP contribution is 2.27. The average Bonchev–Trinajstić information content (AvgIpc) is 2.61. The van der Waals surface area contributed by atoms with E-state index < -0.39 is 10.0 Å². The maximum atomic E-state index is 12.9. The zero-order valence-corrected chi connectivity index (χ0v) is 16.0. The number of benzene rings is 2. The molecule has 0 saturated heterocycles. The lowest BCUT2D eigenvalue weighted by Crippen LogP contribution is -2.27. The molecule has 0 aliphatic carbocycles. The minimum absolute atomic E-state index is 0.230. The molecule has 2 aromatic rings. The summed E-state index contributed by atoms with van der Waals surface area (Å²) in [4.78, 5) is 0.230. The lowest BCUT2D eigenvalue weighted by atomic mass is 10.1. The highest BCUT2D eigenvalue weighted by molar-refractivity contribution is 7.92. The molecule has 6 heteroatoms. The van der Waals surface area contributed by atoms with Crippen LogP contribution in [-0.4, -0.2) is 35.3 Å². The van der Waals surface area contributed by atoms with E-state index in [2.05, 4.69) is 0 Å². The van der Waals surface area contributed by atoms with Gasteiger partial charge in [-0.15, -0.1) is 0 Å². The molecule has 0 atom stereocenters. The lowest BCUT2D eigenvalue weighted by Gasteiger charge is -2.22. The fourth-order valence-corrected chi connectivity index (χ4v) is 3.69. The molecule has 0 unspecified atom stereocenters. The molecule has 0 aliphatic heterocycles. The van der Waals surface area contributed by atoms with Gasteiger partial charge in [0, 0.05) is 13.7 Å². The van der Waals surface area contributed by atoms with Crippen LogP contribution in [0.2, 0.25) is 0 Å². The first-order valence-electron chi connectivity index (χ1n) is 8.23. The molecule has 25 heavy (non-hydrogen) atoms. The second-order valence-corrected chi connectivity index (χ2v) is 7.68.